The van der Waals surface area contributed by atoms with Crippen molar-refractivity contribution in [2.24, 2.45) is 0 Å². The van der Waals surface area contributed by atoms with Crippen LogP contribution in [-0.4, -0.2) is 88.8 Å². The summed E-state index contributed by atoms with van der Waals surface area (Å²) in [6.07, 6.45) is 1.67. The molecule has 0 heterocycles. The average molecular weight is 543 g/mol. The Morgan fingerprint density at radius 3 is 1.49 bits per heavy atom. The lowest BCUT2D eigenvalue weighted by Crippen LogP contribution is -2.46. The van der Waals surface area contributed by atoms with Crippen LogP contribution in [0.3, 0.4) is 0 Å². The van der Waals surface area contributed by atoms with E-state index in [1.54, 1.807) is 0 Å². The van der Waals surface area contributed by atoms with E-state index in [4.69, 9.17) is 4.74 Å². The number of rotatable bonds is 19. The van der Waals surface area contributed by atoms with Crippen molar-refractivity contribution in [3.63, 3.8) is 0 Å². The van der Waals surface area contributed by atoms with Crippen molar-refractivity contribution < 1.29 is 20.1 Å². The zero-order chi connectivity index (χ0) is 28.8. The Labute approximate surface area is 237 Å². The molecule has 0 spiro atoms. The number of aliphatic hydroxyl groups is 3. The first-order chi connectivity index (χ1) is 18.6. The summed E-state index contributed by atoms with van der Waals surface area (Å²) >= 11 is 0. The van der Waals surface area contributed by atoms with Crippen molar-refractivity contribution in [1.82, 2.24) is 9.80 Å². The molecule has 3 N–H and O–H groups in total. The molecule has 2 rings (SSSR count). The summed E-state index contributed by atoms with van der Waals surface area (Å²) < 4.78 is 6.44. The van der Waals surface area contributed by atoms with Crippen molar-refractivity contribution in [3.05, 3.63) is 65.7 Å². The van der Waals surface area contributed by atoms with Gasteiger partial charge in [0.05, 0.1) is 18.3 Å². The van der Waals surface area contributed by atoms with E-state index in [0.29, 0.717) is 52.0 Å². The fraction of sp³-hybridized carbons (Fsp3) is 0.636. The van der Waals surface area contributed by atoms with Gasteiger partial charge in [-0.15, -0.1) is 0 Å². The maximum absolute atomic E-state index is 10.5. The van der Waals surface area contributed by atoms with Crippen LogP contribution in [-0.2, 0) is 5.41 Å². The molecule has 2 aromatic carbocycles. The molecule has 2 aromatic rings. The number of benzene rings is 2. The van der Waals surface area contributed by atoms with Gasteiger partial charge in [0, 0.05) is 44.7 Å². The van der Waals surface area contributed by atoms with Crippen molar-refractivity contribution in [2.45, 2.75) is 97.1 Å². The summed E-state index contributed by atoms with van der Waals surface area (Å²) in [6, 6.07) is 19.0. The smallest absolute Gasteiger partial charge is 0.119 e. The van der Waals surface area contributed by atoms with Crippen LogP contribution < -0.4 is 4.74 Å². The summed E-state index contributed by atoms with van der Waals surface area (Å²) in [4.78, 5) is 4.40. The van der Waals surface area contributed by atoms with Gasteiger partial charge in [-0.05, 0) is 48.9 Å². The van der Waals surface area contributed by atoms with Gasteiger partial charge in [-0.2, -0.15) is 0 Å². The molecule has 0 aliphatic heterocycles. The van der Waals surface area contributed by atoms with E-state index in [2.05, 4.69) is 79.1 Å². The molecule has 0 aromatic heterocycles. The fourth-order valence-corrected chi connectivity index (χ4v) is 4.78. The molecule has 0 radical (unpaired) electrons. The second kappa shape index (κ2) is 17.0. The first-order valence-electron chi connectivity index (χ1n) is 14.9. The molecule has 0 fully saturated rings. The van der Waals surface area contributed by atoms with Crippen molar-refractivity contribution in [2.75, 3.05) is 39.3 Å². The lowest BCUT2D eigenvalue weighted by Gasteiger charge is -2.33. The van der Waals surface area contributed by atoms with Crippen molar-refractivity contribution in [3.8, 4) is 5.75 Å². The van der Waals surface area contributed by atoms with Gasteiger partial charge in [-0.3, -0.25) is 9.80 Å². The van der Waals surface area contributed by atoms with Gasteiger partial charge >= 0.3 is 0 Å². The van der Waals surface area contributed by atoms with Crippen LogP contribution in [0.5, 0.6) is 5.75 Å². The monoisotopic (exact) mass is 542 g/mol. The van der Waals surface area contributed by atoms with Gasteiger partial charge in [0.15, 0.2) is 0 Å². The Kier molecular flexibility index (Phi) is 14.5. The molecule has 4 unspecified atom stereocenters. The maximum Gasteiger partial charge on any atom is 0.119 e. The topological polar surface area (TPSA) is 76.4 Å². The third-order valence-electron chi connectivity index (χ3n) is 7.84. The molecule has 0 aliphatic carbocycles. The number of nitrogens with zero attached hydrogens (tertiary/aromatic N) is 2. The van der Waals surface area contributed by atoms with E-state index in [0.717, 1.165) is 18.7 Å². The first-order valence-corrected chi connectivity index (χ1v) is 14.9. The van der Waals surface area contributed by atoms with Crippen LogP contribution in [0.4, 0.5) is 0 Å². The molecular weight excluding hydrogens is 488 g/mol. The van der Waals surface area contributed by atoms with Crippen LogP contribution in [0, 0.1) is 0 Å². The summed E-state index contributed by atoms with van der Waals surface area (Å²) in [5.41, 5.74) is 2.42. The highest BCUT2D eigenvalue weighted by Crippen LogP contribution is 2.32. The molecule has 0 saturated heterocycles. The summed E-state index contributed by atoms with van der Waals surface area (Å²) in [5, 5.41) is 31.0. The minimum atomic E-state index is -0.412. The number of ether oxygens (including phenoxy) is 1. The first kappa shape index (κ1) is 33.2. The van der Waals surface area contributed by atoms with Crippen LogP contribution in [0.15, 0.2) is 54.6 Å². The lowest BCUT2D eigenvalue weighted by atomic mass is 9.78. The van der Waals surface area contributed by atoms with E-state index >= 15 is 0 Å². The molecule has 0 bridgehead atoms. The van der Waals surface area contributed by atoms with Gasteiger partial charge in [-0.1, -0.05) is 84.0 Å². The van der Waals surface area contributed by atoms with E-state index in [1.165, 1.54) is 11.1 Å². The van der Waals surface area contributed by atoms with Crippen molar-refractivity contribution in [1.29, 1.82) is 0 Å². The summed E-state index contributed by atoms with van der Waals surface area (Å²) in [6.45, 7) is 16.4. The predicted octanol–water partition coefficient (Wildman–Crippen LogP) is 5.09. The molecule has 6 heteroatoms. The van der Waals surface area contributed by atoms with E-state index in [9.17, 15) is 15.3 Å². The van der Waals surface area contributed by atoms with Gasteiger partial charge in [-0.25, -0.2) is 0 Å². The zero-order valence-electron chi connectivity index (χ0n) is 25.2. The third-order valence-corrected chi connectivity index (χ3v) is 7.84. The summed E-state index contributed by atoms with van der Waals surface area (Å²) in [5.74, 6) is 0.851. The normalized spacial score (nSPS) is 15.4. The Bertz CT molecular complexity index is 894. The molecule has 0 amide bonds. The fourth-order valence-electron chi connectivity index (χ4n) is 4.78. The highest BCUT2D eigenvalue weighted by molar-refractivity contribution is 5.39. The average Bonchev–Trinajstić information content (AvgIpc) is 2.95. The standard InChI is InChI=1S/C33H54N2O4/c1-7-28(36)22-34(23-29(37)8-2)20-21-35(24-30(38)9-3)25-31(10-4)39-32-18-16-27(17-19-32)33(5,6)26-14-12-11-13-15-26/h11-19,28-31,36-38H,7-10,20-25H2,1-6H3. The SMILES string of the molecule is CCC(O)CN(CCN(CC(O)CC)CC(CC)Oc1ccc(C(C)(C)c2ccccc2)cc1)CC(O)CC. The van der Waals surface area contributed by atoms with Gasteiger partial charge in [0.1, 0.15) is 11.9 Å². The third kappa shape index (κ3) is 11.2. The highest BCUT2D eigenvalue weighted by atomic mass is 16.5. The Morgan fingerprint density at radius 2 is 1.05 bits per heavy atom. The minimum Gasteiger partial charge on any atom is -0.489 e. The zero-order valence-corrected chi connectivity index (χ0v) is 25.2. The molecule has 4 atom stereocenters. The van der Waals surface area contributed by atoms with Crippen LogP contribution in [0.1, 0.15) is 78.4 Å². The second-order valence-corrected chi connectivity index (χ2v) is 11.4. The molecule has 0 saturated carbocycles. The second-order valence-electron chi connectivity index (χ2n) is 11.4. The molecule has 39 heavy (non-hydrogen) atoms. The lowest BCUT2D eigenvalue weighted by molar-refractivity contribution is 0.0431. The molecular formula is C33H54N2O4. The molecule has 0 aliphatic rings. The van der Waals surface area contributed by atoms with Gasteiger partial charge in [0.25, 0.3) is 0 Å². The van der Waals surface area contributed by atoms with Crippen LogP contribution in [0.25, 0.3) is 0 Å². The Hall–Kier alpha value is -1.96. The predicted molar refractivity (Wildman–Crippen MR) is 161 cm³/mol. The summed E-state index contributed by atoms with van der Waals surface area (Å²) in [7, 11) is 0. The van der Waals surface area contributed by atoms with E-state index in [-0.39, 0.29) is 11.5 Å². The molecule has 6 nitrogen and oxygen atoms in total. The van der Waals surface area contributed by atoms with Crippen LogP contribution in [0.2, 0.25) is 0 Å². The maximum atomic E-state index is 10.5. The van der Waals surface area contributed by atoms with Crippen molar-refractivity contribution >= 4 is 0 Å². The van der Waals surface area contributed by atoms with Gasteiger partial charge < -0.3 is 20.1 Å². The number of aliphatic hydroxyl groups excluding tert-OH is 3. The Balaban J connectivity index is 2.08. The van der Waals surface area contributed by atoms with E-state index in [1.807, 2.05) is 26.8 Å². The van der Waals surface area contributed by atoms with Crippen LogP contribution >= 0.6 is 0 Å². The Morgan fingerprint density at radius 1 is 0.615 bits per heavy atom. The largest absolute Gasteiger partial charge is 0.489 e. The van der Waals surface area contributed by atoms with Gasteiger partial charge in [0.2, 0.25) is 0 Å². The van der Waals surface area contributed by atoms with E-state index < -0.39 is 18.3 Å². The minimum absolute atomic E-state index is 0.0158. The quantitative estimate of drug-likeness (QED) is 0.230. The highest BCUT2D eigenvalue weighted by Gasteiger charge is 2.24. The number of hydrogen-bond acceptors (Lipinski definition) is 6. The molecule has 220 valence electrons. The number of hydrogen-bond donors (Lipinski definition) is 3.